The van der Waals surface area contributed by atoms with E-state index in [2.05, 4.69) is 20.3 Å². The second-order valence-electron chi connectivity index (χ2n) is 3.48. The van der Waals surface area contributed by atoms with E-state index in [9.17, 15) is 13.2 Å². The van der Waals surface area contributed by atoms with Crippen LogP contribution in [-0.4, -0.2) is 33.7 Å². The summed E-state index contributed by atoms with van der Waals surface area (Å²) in [4.78, 5) is 0. The van der Waals surface area contributed by atoms with Crippen molar-refractivity contribution in [3.63, 3.8) is 0 Å². The molecular weight excluding hydrogens is 265 g/mol. The molecular formula is C10H9F3N4O2. The molecule has 0 atom stereocenters. The number of alkyl halides is 3. The van der Waals surface area contributed by atoms with Crippen LogP contribution in [0.2, 0.25) is 0 Å². The van der Waals surface area contributed by atoms with E-state index in [0.717, 1.165) is 0 Å². The maximum atomic E-state index is 12.0. The highest BCUT2D eigenvalue weighted by atomic mass is 19.4. The summed E-state index contributed by atoms with van der Waals surface area (Å²) in [6.07, 6.45) is -4.71. The fraction of sp³-hybridized carbons (Fsp3) is 0.300. The Morgan fingerprint density at radius 1 is 1.21 bits per heavy atom. The van der Waals surface area contributed by atoms with Gasteiger partial charge in [-0.3, -0.25) is 0 Å². The summed E-state index contributed by atoms with van der Waals surface area (Å²) in [6, 6.07) is 5.19. The average molecular weight is 274 g/mol. The summed E-state index contributed by atoms with van der Waals surface area (Å²) in [7, 11) is 1.49. The van der Waals surface area contributed by atoms with Crippen LogP contribution < -0.4 is 4.74 Å². The molecule has 102 valence electrons. The standard InChI is InChI=1S/C10H9F3N4O2/c1-18-6-9-14-15-16-17(9)7-2-4-8(5-3-7)19-10(11,12)13/h2-5H,6H2,1H3. The van der Waals surface area contributed by atoms with Crippen molar-refractivity contribution in [2.24, 2.45) is 0 Å². The van der Waals surface area contributed by atoms with Gasteiger partial charge in [-0.2, -0.15) is 4.68 Å². The highest BCUT2D eigenvalue weighted by molar-refractivity contribution is 5.37. The highest BCUT2D eigenvalue weighted by Crippen LogP contribution is 2.23. The normalized spacial score (nSPS) is 11.6. The van der Waals surface area contributed by atoms with Crippen molar-refractivity contribution in [2.45, 2.75) is 13.0 Å². The molecule has 0 saturated heterocycles. The summed E-state index contributed by atoms with van der Waals surface area (Å²) < 4.78 is 46.0. The Balaban J connectivity index is 2.20. The lowest BCUT2D eigenvalue weighted by atomic mass is 10.3. The van der Waals surface area contributed by atoms with Gasteiger partial charge in [-0.15, -0.1) is 18.3 Å². The van der Waals surface area contributed by atoms with Gasteiger partial charge in [0.25, 0.3) is 0 Å². The molecule has 0 aliphatic rings. The Kier molecular flexibility index (Phi) is 3.65. The van der Waals surface area contributed by atoms with Crippen LogP contribution in [0.15, 0.2) is 24.3 Å². The summed E-state index contributed by atoms with van der Waals surface area (Å²) in [6.45, 7) is 0.188. The van der Waals surface area contributed by atoms with E-state index < -0.39 is 6.36 Å². The van der Waals surface area contributed by atoms with Gasteiger partial charge in [-0.1, -0.05) is 0 Å². The molecule has 9 heteroatoms. The van der Waals surface area contributed by atoms with Gasteiger partial charge in [-0.25, -0.2) is 0 Å². The smallest absolute Gasteiger partial charge is 0.406 e. The Labute approximate surface area is 105 Å². The number of rotatable bonds is 4. The van der Waals surface area contributed by atoms with E-state index in [1.807, 2.05) is 0 Å². The van der Waals surface area contributed by atoms with E-state index in [1.54, 1.807) is 0 Å². The summed E-state index contributed by atoms with van der Waals surface area (Å²) in [5.74, 6) is 0.129. The molecule has 0 bridgehead atoms. The van der Waals surface area contributed by atoms with Crippen molar-refractivity contribution < 1.29 is 22.6 Å². The second kappa shape index (κ2) is 5.22. The SMILES string of the molecule is COCc1nnnn1-c1ccc(OC(F)(F)F)cc1. The van der Waals surface area contributed by atoms with Crippen LogP contribution in [0.1, 0.15) is 5.82 Å². The predicted octanol–water partition coefficient (Wildman–Crippen LogP) is 1.71. The molecule has 0 saturated carbocycles. The summed E-state index contributed by atoms with van der Waals surface area (Å²) in [5.41, 5.74) is 0.506. The molecule has 1 aromatic carbocycles. The van der Waals surface area contributed by atoms with Crippen LogP contribution in [0.4, 0.5) is 13.2 Å². The Bertz CT molecular complexity index is 538. The van der Waals surface area contributed by atoms with Gasteiger partial charge in [0.05, 0.1) is 5.69 Å². The number of methoxy groups -OCH3 is 1. The van der Waals surface area contributed by atoms with Crippen molar-refractivity contribution in [2.75, 3.05) is 7.11 Å². The van der Waals surface area contributed by atoms with Crippen molar-refractivity contribution in [3.05, 3.63) is 30.1 Å². The first-order chi connectivity index (χ1) is 8.99. The molecule has 0 amide bonds. The molecule has 6 nitrogen and oxygen atoms in total. The molecule has 0 unspecified atom stereocenters. The van der Waals surface area contributed by atoms with Gasteiger partial charge in [0.1, 0.15) is 12.4 Å². The van der Waals surface area contributed by atoms with E-state index in [-0.39, 0.29) is 12.4 Å². The fourth-order valence-electron chi connectivity index (χ4n) is 1.41. The molecule has 0 aliphatic carbocycles. The van der Waals surface area contributed by atoms with E-state index in [4.69, 9.17) is 4.74 Å². The third-order valence-electron chi connectivity index (χ3n) is 2.12. The molecule has 2 aromatic rings. The minimum Gasteiger partial charge on any atom is -0.406 e. The van der Waals surface area contributed by atoms with Crippen molar-refractivity contribution >= 4 is 0 Å². The number of tetrazole rings is 1. The largest absolute Gasteiger partial charge is 0.573 e. The Morgan fingerprint density at radius 3 is 2.47 bits per heavy atom. The van der Waals surface area contributed by atoms with Crippen LogP contribution in [0.3, 0.4) is 0 Å². The summed E-state index contributed by atoms with van der Waals surface area (Å²) in [5, 5.41) is 10.9. The number of benzene rings is 1. The van der Waals surface area contributed by atoms with Crippen LogP contribution in [0.25, 0.3) is 5.69 Å². The number of hydrogen-bond donors (Lipinski definition) is 0. The average Bonchev–Trinajstić information content (AvgIpc) is 2.77. The van der Waals surface area contributed by atoms with Crippen LogP contribution >= 0.6 is 0 Å². The van der Waals surface area contributed by atoms with Crippen LogP contribution in [-0.2, 0) is 11.3 Å². The van der Waals surface area contributed by atoms with Crippen LogP contribution in [0, 0.1) is 0 Å². The quantitative estimate of drug-likeness (QED) is 0.849. The molecule has 0 aliphatic heterocycles. The van der Waals surface area contributed by atoms with Gasteiger partial charge in [0, 0.05) is 7.11 Å². The second-order valence-corrected chi connectivity index (χ2v) is 3.48. The lowest BCUT2D eigenvalue weighted by Gasteiger charge is -2.09. The first-order valence-corrected chi connectivity index (χ1v) is 5.12. The molecule has 0 fully saturated rings. The van der Waals surface area contributed by atoms with E-state index in [1.165, 1.54) is 36.1 Å². The van der Waals surface area contributed by atoms with Gasteiger partial charge in [0.2, 0.25) is 0 Å². The number of hydrogen-bond acceptors (Lipinski definition) is 5. The Morgan fingerprint density at radius 2 is 1.89 bits per heavy atom. The predicted molar refractivity (Wildman–Crippen MR) is 56.6 cm³/mol. The number of halogens is 3. The van der Waals surface area contributed by atoms with Gasteiger partial charge < -0.3 is 9.47 Å². The lowest BCUT2D eigenvalue weighted by molar-refractivity contribution is -0.274. The third kappa shape index (κ3) is 3.41. The highest BCUT2D eigenvalue weighted by Gasteiger charge is 2.31. The molecule has 0 radical (unpaired) electrons. The maximum absolute atomic E-state index is 12.0. The topological polar surface area (TPSA) is 62.1 Å². The first kappa shape index (κ1) is 13.3. The first-order valence-electron chi connectivity index (χ1n) is 5.12. The molecule has 0 N–H and O–H groups in total. The zero-order chi connectivity index (χ0) is 13.9. The molecule has 2 rings (SSSR count). The maximum Gasteiger partial charge on any atom is 0.573 e. The monoisotopic (exact) mass is 274 g/mol. The molecule has 1 aromatic heterocycles. The molecule has 19 heavy (non-hydrogen) atoms. The van der Waals surface area contributed by atoms with Crippen molar-refractivity contribution in [1.82, 2.24) is 20.2 Å². The van der Waals surface area contributed by atoms with E-state index in [0.29, 0.717) is 11.5 Å². The zero-order valence-corrected chi connectivity index (χ0v) is 9.76. The molecule has 1 heterocycles. The fourth-order valence-corrected chi connectivity index (χ4v) is 1.41. The van der Waals surface area contributed by atoms with Gasteiger partial charge in [-0.05, 0) is 34.7 Å². The number of aromatic nitrogens is 4. The van der Waals surface area contributed by atoms with Gasteiger partial charge >= 0.3 is 6.36 Å². The third-order valence-corrected chi connectivity index (χ3v) is 2.12. The minimum absolute atomic E-state index is 0.188. The van der Waals surface area contributed by atoms with Crippen molar-refractivity contribution in [3.8, 4) is 11.4 Å². The summed E-state index contributed by atoms with van der Waals surface area (Å²) >= 11 is 0. The van der Waals surface area contributed by atoms with Crippen LogP contribution in [0.5, 0.6) is 5.75 Å². The Hall–Kier alpha value is -2.16. The minimum atomic E-state index is -4.71. The van der Waals surface area contributed by atoms with Gasteiger partial charge in [0.15, 0.2) is 5.82 Å². The van der Waals surface area contributed by atoms with Crippen molar-refractivity contribution in [1.29, 1.82) is 0 Å². The molecule has 0 spiro atoms. The zero-order valence-electron chi connectivity index (χ0n) is 9.76. The van der Waals surface area contributed by atoms with E-state index >= 15 is 0 Å². The number of nitrogens with zero attached hydrogens (tertiary/aromatic N) is 4. The number of ether oxygens (including phenoxy) is 2. The lowest BCUT2D eigenvalue weighted by Crippen LogP contribution is -2.17.